The molecule has 3 heteroatoms. The Morgan fingerprint density at radius 2 is 2.17 bits per heavy atom. The van der Waals surface area contributed by atoms with E-state index in [0.717, 1.165) is 19.4 Å². The molecule has 0 heterocycles. The maximum Gasteiger partial charge on any atom is 0.0636 e. The predicted octanol–water partition coefficient (Wildman–Crippen LogP) is 1.98. The molecule has 18 heavy (non-hydrogen) atoms. The van der Waals surface area contributed by atoms with Gasteiger partial charge in [-0.15, -0.1) is 0 Å². The first-order valence-corrected chi connectivity index (χ1v) is 6.98. The average Bonchev–Trinajstić information content (AvgIpc) is 2.85. The highest BCUT2D eigenvalue weighted by molar-refractivity contribution is 5.35. The first-order chi connectivity index (χ1) is 8.83. The van der Waals surface area contributed by atoms with Crippen molar-refractivity contribution in [1.29, 1.82) is 0 Å². The largest absolute Gasteiger partial charge is 0.380 e. The van der Waals surface area contributed by atoms with Gasteiger partial charge >= 0.3 is 0 Å². The Morgan fingerprint density at radius 1 is 1.33 bits per heavy atom. The van der Waals surface area contributed by atoms with Crippen LogP contribution in [0.15, 0.2) is 18.2 Å². The van der Waals surface area contributed by atoms with Crippen molar-refractivity contribution >= 4 is 0 Å². The van der Waals surface area contributed by atoms with Gasteiger partial charge in [0.05, 0.1) is 6.61 Å². The zero-order valence-electron chi connectivity index (χ0n) is 11.2. The number of aryl methyl sites for hydroxylation is 2. The third-order valence-electron chi connectivity index (χ3n) is 3.55. The monoisotopic (exact) mass is 248 g/mol. The second-order valence-electron chi connectivity index (χ2n) is 5.10. The summed E-state index contributed by atoms with van der Waals surface area (Å²) in [5.41, 5.74) is 7.26. The first kappa shape index (κ1) is 13.5. The first-order valence-electron chi connectivity index (χ1n) is 6.98. The van der Waals surface area contributed by atoms with Gasteiger partial charge in [0.15, 0.2) is 0 Å². The summed E-state index contributed by atoms with van der Waals surface area (Å²) in [5.74, 6) is 5.59. The fourth-order valence-electron chi connectivity index (χ4n) is 2.57. The Kier molecular flexibility index (Phi) is 5.17. The second kappa shape index (κ2) is 6.88. The number of ether oxygens (including phenoxy) is 1. The van der Waals surface area contributed by atoms with Crippen molar-refractivity contribution in [3.05, 3.63) is 34.9 Å². The van der Waals surface area contributed by atoms with Crippen LogP contribution in [0.2, 0.25) is 0 Å². The second-order valence-corrected chi connectivity index (χ2v) is 5.10. The van der Waals surface area contributed by atoms with E-state index in [9.17, 15) is 0 Å². The Hall–Kier alpha value is -0.900. The summed E-state index contributed by atoms with van der Waals surface area (Å²) in [6.45, 7) is 3.61. The SMILES string of the molecule is CCCOCC(Cc1ccc2c(c1)CCC2)NN. The third kappa shape index (κ3) is 3.55. The van der Waals surface area contributed by atoms with Crippen LogP contribution < -0.4 is 11.3 Å². The van der Waals surface area contributed by atoms with Gasteiger partial charge < -0.3 is 4.74 Å². The van der Waals surface area contributed by atoms with Crippen LogP contribution in [0, 0.1) is 0 Å². The van der Waals surface area contributed by atoms with E-state index < -0.39 is 0 Å². The van der Waals surface area contributed by atoms with Crippen LogP contribution in [0.25, 0.3) is 0 Å². The van der Waals surface area contributed by atoms with Crippen LogP contribution in [0.5, 0.6) is 0 Å². The number of hydrogen-bond acceptors (Lipinski definition) is 3. The number of hydrazine groups is 1. The number of benzene rings is 1. The van der Waals surface area contributed by atoms with E-state index >= 15 is 0 Å². The Morgan fingerprint density at radius 3 is 2.94 bits per heavy atom. The highest BCUT2D eigenvalue weighted by Crippen LogP contribution is 2.23. The summed E-state index contributed by atoms with van der Waals surface area (Å²) in [4.78, 5) is 0. The van der Waals surface area contributed by atoms with E-state index in [1.165, 1.54) is 36.0 Å². The third-order valence-corrected chi connectivity index (χ3v) is 3.55. The molecule has 0 spiro atoms. The Bertz CT molecular complexity index is 379. The molecular formula is C15H24N2O. The summed E-state index contributed by atoms with van der Waals surface area (Å²) in [6, 6.07) is 7.05. The normalized spacial score (nSPS) is 15.7. The van der Waals surface area contributed by atoms with Crippen LogP contribution in [0.4, 0.5) is 0 Å². The molecule has 0 saturated carbocycles. The fraction of sp³-hybridized carbons (Fsp3) is 0.600. The molecule has 100 valence electrons. The molecule has 1 aromatic carbocycles. The molecule has 1 atom stereocenters. The maximum absolute atomic E-state index is 5.59. The summed E-state index contributed by atoms with van der Waals surface area (Å²) in [6.07, 6.45) is 5.77. The molecule has 1 unspecified atom stereocenters. The molecule has 3 N–H and O–H groups in total. The van der Waals surface area contributed by atoms with Crippen molar-refractivity contribution in [2.45, 2.75) is 45.1 Å². The lowest BCUT2D eigenvalue weighted by molar-refractivity contribution is 0.112. The van der Waals surface area contributed by atoms with Crippen molar-refractivity contribution < 1.29 is 4.74 Å². The standard InChI is InChI=1S/C15H24N2O/c1-2-8-18-11-15(17-16)10-12-6-7-13-4-3-5-14(13)9-12/h6-7,9,15,17H,2-5,8,10-11,16H2,1H3. The van der Waals surface area contributed by atoms with Gasteiger partial charge in [-0.2, -0.15) is 0 Å². The van der Waals surface area contributed by atoms with Crippen LogP contribution in [-0.4, -0.2) is 19.3 Å². The van der Waals surface area contributed by atoms with Gasteiger partial charge in [-0.3, -0.25) is 11.3 Å². The number of nitrogens with one attached hydrogen (secondary N) is 1. The summed E-state index contributed by atoms with van der Waals surface area (Å²) >= 11 is 0. The lowest BCUT2D eigenvalue weighted by Crippen LogP contribution is -2.40. The molecule has 1 aliphatic rings. The van der Waals surface area contributed by atoms with E-state index in [-0.39, 0.29) is 6.04 Å². The molecule has 0 aromatic heterocycles. The van der Waals surface area contributed by atoms with Crippen molar-refractivity contribution in [2.24, 2.45) is 5.84 Å². The van der Waals surface area contributed by atoms with Crippen molar-refractivity contribution in [2.75, 3.05) is 13.2 Å². The zero-order chi connectivity index (χ0) is 12.8. The minimum atomic E-state index is 0.205. The van der Waals surface area contributed by atoms with E-state index in [2.05, 4.69) is 30.5 Å². The number of hydrogen-bond donors (Lipinski definition) is 2. The van der Waals surface area contributed by atoms with Gasteiger partial charge in [-0.1, -0.05) is 25.1 Å². The topological polar surface area (TPSA) is 47.3 Å². The smallest absolute Gasteiger partial charge is 0.0636 e. The minimum absolute atomic E-state index is 0.205. The molecular weight excluding hydrogens is 224 g/mol. The highest BCUT2D eigenvalue weighted by atomic mass is 16.5. The van der Waals surface area contributed by atoms with Crippen molar-refractivity contribution in [1.82, 2.24) is 5.43 Å². The van der Waals surface area contributed by atoms with Crippen LogP contribution in [0.1, 0.15) is 36.5 Å². The minimum Gasteiger partial charge on any atom is -0.380 e. The predicted molar refractivity (Wildman–Crippen MR) is 74.4 cm³/mol. The summed E-state index contributed by atoms with van der Waals surface area (Å²) in [5, 5.41) is 0. The quantitative estimate of drug-likeness (QED) is 0.440. The average molecular weight is 248 g/mol. The van der Waals surface area contributed by atoms with Gasteiger partial charge in [-0.05, 0) is 48.8 Å². The summed E-state index contributed by atoms with van der Waals surface area (Å²) in [7, 11) is 0. The van der Waals surface area contributed by atoms with Gasteiger partial charge in [0.1, 0.15) is 0 Å². The highest BCUT2D eigenvalue weighted by Gasteiger charge is 2.13. The van der Waals surface area contributed by atoms with Crippen molar-refractivity contribution in [3.8, 4) is 0 Å². The fourth-order valence-corrected chi connectivity index (χ4v) is 2.57. The van der Waals surface area contributed by atoms with E-state index in [1.54, 1.807) is 0 Å². The molecule has 2 rings (SSSR count). The van der Waals surface area contributed by atoms with Gasteiger partial charge in [0, 0.05) is 12.6 Å². The lowest BCUT2D eigenvalue weighted by Gasteiger charge is -2.16. The Labute approximate surface area is 110 Å². The lowest BCUT2D eigenvalue weighted by atomic mass is 10.0. The molecule has 1 aliphatic carbocycles. The number of rotatable bonds is 7. The molecule has 3 nitrogen and oxygen atoms in total. The number of fused-ring (bicyclic) bond motifs is 1. The molecule has 0 bridgehead atoms. The van der Waals surface area contributed by atoms with E-state index in [0.29, 0.717) is 6.61 Å². The zero-order valence-corrected chi connectivity index (χ0v) is 11.2. The van der Waals surface area contributed by atoms with E-state index in [1.807, 2.05) is 0 Å². The van der Waals surface area contributed by atoms with Gasteiger partial charge in [0.2, 0.25) is 0 Å². The molecule has 0 saturated heterocycles. The molecule has 0 radical (unpaired) electrons. The molecule has 0 aliphatic heterocycles. The Balaban J connectivity index is 1.90. The van der Waals surface area contributed by atoms with Crippen LogP contribution >= 0.6 is 0 Å². The van der Waals surface area contributed by atoms with Crippen LogP contribution in [-0.2, 0) is 24.0 Å². The maximum atomic E-state index is 5.59. The molecule has 0 amide bonds. The van der Waals surface area contributed by atoms with Gasteiger partial charge in [-0.25, -0.2) is 0 Å². The molecule has 0 fully saturated rings. The number of nitrogens with two attached hydrogens (primary N) is 1. The summed E-state index contributed by atoms with van der Waals surface area (Å²) < 4.78 is 5.56. The van der Waals surface area contributed by atoms with Gasteiger partial charge in [0.25, 0.3) is 0 Å². The van der Waals surface area contributed by atoms with Crippen molar-refractivity contribution in [3.63, 3.8) is 0 Å². The van der Waals surface area contributed by atoms with E-state index in [4.69, 9.17) is 10.6 Å². The molecule has 1 aromatic rings. The van der Waals surface area contributed by atoms with Crippen LogP contribution in [0.3, 0.4) is 0 Å².